The summed E-state index contributed by atoms with van der Waals surface area (Å²) >= 11 is 3.04. The summed E-state index contributed by atoms with van der Waals surface area (Å²) in [6, 6.07) is 7.78. The Morgan fingerprint density at radius 3 is 2.64 bits per heavy atom. The van der Waals surface area contributed by atoms with Crippen molar-refractivity contribution in [2.75, 3.05) is 26.0 Å². The van der Waals surface area contributed by atoms with Crippen LogP contribution in [0.3, 0.4) is 0 Å². The van der Waals surface area contributed by atoms with Crippen molar-refractivity contribution < 1.29 is 9.53 Å². The highest BCUT2D eigenvalue weighted by Crippen LogP contribution is 2.35. The van der Waals surface area contributed by atoms with Crippen LogP contribution in [-0.4, -0.2) is 51.9 Å². The zero-order valence-electron chi connectivity index (χ0n) is 16.0. The average Bonchev–Trinajstić information content (AvgIpc) is 3.14. The summed E-state index contributed by atoms with van der Waals surface area (Å²) in [6.45, 7) is 3.72. The third kappa shape index (κ3) is 3.98. The van der Waals surface area contributed by atoms with E-state index in [2.05, 4.69) is 15.2 Å². The van der Waals surface area contributed by atoms with Gasteiger partial charge in [0, 0.05) is 18.7 Å². The highest BCUT2D eigenvalue weighted by molar-refractivity contribution is 8.00. The number of rotatable bonds is 5. The van der Waals surface area contributed by atoms with Crippen LogP contribution in [0.25, 0.3) is 21.5 Å². The third-order valence-corrected chi connectivity index (χ3v) is 6.71. The van der Waals surface area contributed by atoms with Gasteiger partial charge in [-0.3, -0.25) is 4.79 Å². The molecule has 146 valence electrons. The molecule has 2 aromatic heterocycles. The topological polar surface area (TPSA) is 68.2 Å². The maximum absolute atomic E-state index is 12.5. The monoisotopic (exact) mass is 414 g/mol. The van der Waals surface area contributed by atoms with Crippen molar-refractivity contribution in [3.8, 4) is 17.0 Å². The molecule has 0 radical (unpaired) electrons. The van der Waals surface area contributed by atoms with Crippen molar-refractivity contribution in [2.24, 2.45) is 0 Å². The number of methoxy groups -OCH3 is 1. The second kappa shape index (κ2) is 8.45. The number of nitrogens with zero attached hydrogens (tertiary/aromatic N) is 4. The Bertz CT molecular complexity index is 982. The lowest BCUT2D eigenvalue weighted by Gasteiger charge is -2.26. The maximum Gasteiger partial charge on any atom is 0.232 e. The van der Waals surface area contributed by atoms with E-state index in [-0.39, 0.29) is 5.91 Å². The van der Waals surface area contributed by atoms with Gasteiger partial charge in [0.25, 0.3) is 0 Å². The highest BCUT2D eigenvalue weighted by Gasteiger charge is 2.20. The number of piperidine rings is 1. The van der Waals surface area contributed by atoms with Gasteiger partial charge >= 0.3 is 0 Å². The molecule has 28 heavy (non-hydrogen) atoms. The lowest BCUT2D eigenvalue weighted by Crippen LogP contribution is -2.36. The summed E-state index contributed by atoms with van der Waals surface area (Å²) < 4.78 is 6.24. The number of carbonyl (C=O) groups excluding carboxylic acids is 1. The molecule has 6 nitrogen and oxygen atoms in total. The van der Waals surface area contributed by atoms with Gasteiger partial charge in [-0.05, 0) is 50.5 Å². The van der Waals surface area contributed by atoms with Crippen LogP contribution in [0.5, 0.6) is 5.75 Å². The summed E-state index contributed by atoms with van der Waals surface area (Å²) in [5.74, 6) is 1.35. The number of thioether (sulfide) groups is 1. The van der Waals surface area contributed by atoms with Crippen molar-refractivity contribution in [1.82, 2.24) is 20.1 Å². The summed E-state index contributed by atoms with van der Waals surface area (Å²) in [6.07, 6.45) is 3.42. The van der Waals surface area contributed by atoms with E-state index in [0.29, 0.717) is 5.75 Å². The molecular weight excluding hydrogens is 392 g/mol. The molecule has 0 spiro atoms. The zero-order chi connectivity index (χ0) is 19.5. The van der Waals surface area contributed by atoms with Gasteiger partial charge in [0.05, 0.1) is 22.6 Å². The van der Waals surface area contributed by atoms with Gasteiger partial charge < -0.3 is 9.64 Å². The number of aryl methyl sites for hydroxylation is 1. The number of thiazole rings is 1. The van der Waals surface area contributed by atoms with Gasteiger partial charge in [-0.15, -0.1) is 21.5 Å². The number of hydrogen-bond acceptors (Lipinski definition) is 7. The molecule has 1 aliphatic rings. The van der Waals surface area contributed by atoms with Crippen LogP contribution in [0.15, 0.2) is 29.3 Å². The first-order valence-electron chi connectivity index (χ1n) is 9.34. The lowest BCUT2D eigenvalue weighted by molar-refractivity contribution is -0.129. The SMILES string of the molecule is COc1ccc(-c2nnc(SCC(=O)N3CCCCC3)c3nc(C)sc23)cc1. The van der Waals surface area contributed by atoms with Crippen LogP contribution in [0.2, 0.25) is 0 Å². The highest BCUT2D eigenvalue weighted by atomic mass is 32.2. The Kier molecular flexibility index (Phi) is 5.77. The molecule has 1 amide bonds. The summed E-state index contributed by atoms with van der Waals surface area (Å²) in [4.78, 5) is 19.1. The zero-order valence-corrected chi connectivity index (χ0v) is 17.6. The average molecular weight is 415 g/mol. The fraction of sp³-hybridized carbons (Fsp3) is 0.400. The van der Waals surface area contributed by atoms with Crippen molar-refractivity contribution >= 4 is 39.2 Å². The number of carbonyl (C=O) groups is 1. The summed E-state index contributed by atoms with van der Waals surface area (Å²) in [5.41, 5.74) is 2.62. The molecule has 4 rings (SSSR count). The molecule has 1 aliphatic heterocycles. The van der Waals surface area contributed by atoms with Crippen LogP contribution in [-0.2, 0) is 4.79 Å². The molecule has 3 aromatic rings. The largest absolute Gasteiger partial charge is 0.497 e. The second-order valence-corrected chi connectivity index (χ2v) is 8.89. The van der Waals surface area contributed by atoms with E-state index in [0.717, 1.165) is 63.2 Å². The number of ether oxygens (including phenoxy) is 1. The minimum Gasteiger partial charge on any atom is -0.497 e. The first-order valence-corrected chi connectivity index (χ1v) is 11.1. The molecule has 0 saturated carbocycles. The summed E-state index contributed by atoms with van der Waals surface area (Å²) in [7, 11) is 1.65. The van der Waals surface area contributed by atoms with E-state index in [9.17, 15) is 4.79 Å². The van der Waals surface area contributed by atoms with Crippen LogP contribution in [0.1, 0.15) is 24.3 Å². The molecule has 0 N–H and O–H groups in total. The number of amides is 1. The minimum atomic E-state index is 0.172. The van der Waals surface area contributed by atoms with Gasteiger partial charge in [-0.25, -0.2) is 4.98 Å². The van der Waals surface area contributed by atoms with E-state index in [4.69, 9.17) is 4.74 Å². The van der Waals surface area contributed by atoms with Gasteiger partial charge in [0.2, 0.25) is 5.91 Å². The van der Waals surface area contributed by atoms with Crippen LogP contribution < -0.4 is 4.74 Å². The number of aromatic nitrogens is 3. The third-order valence-electron chi connectivity index (χ3n) is 4.80. The molecule has 0 bridgehead atoms. The smallest absolute Gasteiger partial charge is 0.232 e. The Labute approximate surface area is 172 Å². The quantitative estimate of drug-likeness (QED) is 0.584. The van der Waals surface area contributed by atoms with Crippen LogP contribution in [0, 0.1) is 6.92 Å². The molecule has 0 unspecified atom stereocenters. The van der Waals surface area contributed by atoms with E-state index in [1.807, 2.05) is 36.1 Å². The van der Waals surface area contributed by atoms with Gasteiger partial charge in [-0.1, -0.05) is 11.8 Å². The van der Waals surface area contributed by atoms with E-state index in [1.165, 1.54) is 18.2 Å². The minimum absolute atomic E-state index is 0.172. The molecular formula is C20H22N4O2S2. The van der Waals surface area contributed by atoms with Crippen LogP contribution >= 0.6 is 23.1 Å². The van der Waals surface area contributed by atoms with E-state index < -0.39 is 0 Å². The van der Waals surface area contributed by atoms with E-state index in [1.54, 1.807) is 18.4 Å². The number of benzene rings is 1. The first kappa shape index (κ1) is 19.1. The second-order valence-electron chi connectivity index (χ2n) is 6.72. The van der Waals surface area contributed by atoms with Crippen molar-refractivity contribution in [3.05, 3.63) is 29.3 Å². The van der Waals surface area contributed by atoms with Crippen molar-refractivity contribution in [1.29, 1.82) is 0 Å². The van der Waals surface area contributed by atoms with Crippen LogP contribution in [0.4, 0.5) is 0 Å². The number of hydrogen-bond donors (Lipinski definition) is 0. The molecule has 3 heterocycles. The fourth-order valence-corrected chi connectivity index (χ4v) is 5.14. The molecule has 0 aliphatic carbocycles. The molecule has 1 saturated heterocycles. The van der Waals surface area contributed by atoms with Gasteiger partial charge in [-0.2, -0.15) is 0 Å². The fourth-order valence-electron chi connectivity index (χ4n) is 3.32. The lowest BCUT2D eigenvalue weighted by atomic mass is 10.1. The molecule has 0 atom stereocenters. The predicted molar refractivity (Wildman–Crippen MR) is 113 cm³/mol. The molecule has 8 heteroatoms. The Balaban J connectivity index is 1.59. The normalized spacial score (nSPS) is 14.4. The first-order chi connectivity index (χ1) is 13.7. The predicted octanol–water partition coefficient (Wildman–Crippen LogP) is 4.17. The number of fused-ring (bicyclic) bond motifs is 1. The van der Waals surface area contributed by atoms with Gasteiger partial charge in [0.15, 0.2) is 0 Å². The molecule has 1 aromatic carbocycles. The van der Waals surface area contributed by atoms with E-state index >= 15 is 0 Å². The summed E-state index contributed by atoms with van der Waals surface area (Å²) in [5, 5.41) is 10.6. The van der Waals surface area contributed by atoms with Gasteiger partial charge in [0.1, 0.15) is 22.0 Å². The Morgan fingerprint density at radius 1 is 1.18 bits per heavy atom. The molecule has 1 fully saturated rings. The Hall–Kier alpha value is -2.19. The van der Waals surface area contributed by atoms with Crippen molar-refractivity contribution in [2.45, 2.75) is 31.2 Å². The number of likely N-dealkylation sites (tertiary alicyclic amines) is 1. The van der Waals surface area contributed by atoms with Crippen molar-refractivity contribution in [3.63, 3.8) is 0 Å². The standard InChI is InChI=1S/C20H22N4O2S2/c1-13-21-18-19(28-13)17(14-6-8-15(26-2)9-7-14)22-23-20(18)27-12-16(25)24-10-4-3-5-11-24/h6-9H,3-5,10-12H2,1-2H3. The maximum atomic E-state index is 12.5. The Morgan fingerprint density at radius 2 is 1.93 bits per heavy atom.